The topological polar surface area (TPSA) is 40.5 Å². The number of rotatable bonds is 1. The highest BCUT2D eigenvalue weighted by Crippen LogP contribution is 2.38. The molecule has 1 aliphatic heterocycles. The van der Waals surface area contributed by atoms with Gasteiger partial charge in [0.1, 0.15) is 0 Å². The van der Waals surface area contributed by atoms with E-state index in [4.69, 9.17) is 0 Å². The molecular weight excluding hydrogens is 190 g/mol. The van der Waals surface area contributed by atoms with E-state index in [1.54, 1.807) is 6.08 Å². The lowest BCUT2D eigenvalue weighted by Gasteiger charge is -2.16. The summed E-state index contributed by atoms with van der Waals surface area (Å²) in [5.41, 5.74) is 1.04. The summed E-state index contributed by atoms with van der Waals surface area (Å²) in [4.78, 5) is 13.6. The number of nitrogens with zero attached hydrogens (tertiary/aromatic N) is 1. The van der Waals surface area contributed by atoms with E-state index in [0.29, 0.717) is 11.8 Å². The van der Waals surface area contributed by atoms with E-state index in [-0.39, 0.29) is 12.0 Å². The standard InChI is InChI=1S/C12H19NO2/c1-8(2)5-12(15)13-6-9-3-4-11(14)10(9)7-13/h5,9-11,14H,3-4,6-7H2,1-2H3. The molecule has 0 radical (unpaired) electrons. The number of aliphatic hydroxyl groups excluding tert-OH is 1. The summed E-state index contributed by atoms with van der Waals surface area (Å²) in [6, 6.07) is 0. The summed E-state index contributed by atoms with van der Waals surface area (Å²) >= 11 is 0. The largest absolute Gasteiger partial charge is 0.393 e. The van der Waals surface area contributed by atoms with Gasteiger partial charge in [-0.25, -0.2) is 0 Å². The molecule has 15 heavy (non-hydrogen) atoms. The van der Waals surface area contributed by atoms with Gasteiger partial charge in [-0.15, -0.1) is 0 Å². The molecule has 0 bridgehead atoms. The van der Waals surface area contributed by atoms with Crippen molar-refractivity contribution in [2.75, 3.05) is 13.1 Å². The second-order valence-electron chi connectivity index (χ2n) is 5.03. The minimum absolute atomic E-state index is 0.108. The number of likely N-dealkylation sites (tertiary alicyclic amines) is 1. The van der Waals surface area contributed by atoms with Gasteiger partial charge >= 0.3 is 0 Å². The number of hydrogen-bond acceptors (Lipinski definition) is 2. The number of aliphatic hydroxyl groups is 1. The molecule has 0 aromatic carbocycles. The molecule has 84 valence electrons. The van der Waals surface area contributed by atoms with E-state index in [1.165, 1.54) is 0 Å². The van der Waals surface area contributed by atoms with E-state index >= 15 is 0 Å². The van der Waals surface area contributed by atoms with Gasteiger partial charge in [0.15, 0.2) is 0 Å². The molecule has 3 heteroatoms. The van der Waals surface area contributed by atoms with Gasteiger partial charge in [-0.1, -0.05) is 5.57 Å². The molecule has 3 unspecified atom stereocenters. The van der Waals surface area contributed by atoms with Crippen molar-refractivity contribution in [1.82, 2.24) is 4.90 Å². The summed E-state index contributed by atoms with van der Waals surface area (Å²) in [5, 5.41) is 9.73. The van der Waals surface area contributed by atoms with Crippen LogP contribution in [0.4, 0.5) is 0 Å². The van der Waals surface area contributed by atoms with Gasteiger partial charge in [0, 0.05) is 25.1 Å². The Labute approximate surface area is 90.8 Å². The summed E-state index contributed by atoms with van der Waals surface area (Å²) < 4.78 is 0. The second kappa shape index (κ2) is 3.97. The molecule has 1 saturated heterocycles. The number of allylic oxidation sites excluding steroid dienone is 1. The van der Waals surface area contributed by atoms with E-state index in [9.17, 15) is 9.90 Å². The zero-order chi connectivity index (χ0) is 11.0. The van der Waals surface area contributed by atoms with Crippen LogP contribution >= 0.6 is 0 Å². The number of amides is 1. The monoisotopic (exact) mass is 209 g/mol. The summed E-state index contributed by atoms with van der Waals surface area (Å²) in [6.45, 7) is 5.45. The molecule has 1 heterocycles. The first kappa shape index (κ1) is 10.7. The smallest absolute Gasteiger partial charge is 0.246 e. The number of carbonyl (C=O) groups is 1. The fourth-order valence-electron chi connectivity index (χ4n) is 2.75. The molecule has 1 saturated carbocycles. The van der Waals surface area contributed by atoms with Crippen molar-refractivity contribution in [3.05, 3.63) is 11.6 Å². The zero-order valence-electron chi connectivity index (χ0n) is 9.44. The van der Waals surface area contributed by atoms with Crippen LogP contribution in [0.15, 0.2) is 11.6 Å². The third kappa shape index (κ3) is 2.07. The zero-order valence-corrected chi connectivity index (χ0v) is 9.44. The molecule has 1 N–H and O–H groups in total. The average Bonchev–Trinajstić information content (AvgIpc) is 2.67. The first-order valence-corrected chi connectivity index (χ1v) is 5.70. The molecule has 2 fully saturated rings. The Morgan fingerprint density at radius 2 is 2.07 bits per heavy atom. The lowest BCUT2D eigenvalue weighted by atomic mass is 10.00. The number of hydrogen-bond donors (Lipinski definition) is 1. The van der Waals surface area contributed by atoms with E-state index in [2.05, 4.69) is 0 Å². The lowest BCUT2D eigenvalue weighted by Crippen LogP contribution is -2.29. The lowest BCUT2D eigenvalue weighted by molar-refractivity contribution is -0.125. The van der Waals surface area contributed by atoms with Crippen molar-refractivity contribution in [3.63, 3.8) is 0 Å². The number of carbonyl (C=O) groups excluding carboxylic acids is 1. The third-order valence-corrected chi connectivity index (χ3v) is 3.54. The van der Waals surface area contributed by atoms with Crippen LogP contribution in [-0.2, 0) is 4.79 Å². The molecule has 3 nitrogen and oxygen atoms in total. The minimum atomic E-state index is -0.181. The Kier molecular flexibility index (Phi) is 2.83. The predicted octanol–water partition coefficient (Wildman–Crippen LogP) is 1.18. The van der Waals surface area contributed by atoms with Crippen molar-refractivity contribution in [2.24, 2.45) is 11.8 Å². The molecule has 1 amide bonds. The van der Waals surface area contributed by atoms with Crippen LogP contribution in [0.2, 0.25) is 0 Å². The van der Waals surface area contributed by atoms with Crippen molar-refractivity contribution < 1.29 is 9.90 Å². The van der Waals surface area contributed by atoms with Gasteiger partial charge in [0.05, 0.1) is 6.10 Å². The van der Waals surface area contributed by atoms with Crippen LogP contribution in [-0.4, -0.2) is 35.1 Å². The van der Waals surface area contributed by atoms with Gasteiger partial charge in [-0.3, -0.25) is 4.79 Å². The Morgan fingerprint density at radius 1 is 1.33 bits per heavy atom. The Balaban J connectivity index is 1.99. The van der Waals surface area contributed by atoms with Gasteiger partial charge in [-0.2, -0.15) is 0 Å². The van der Waals surface area contributed by atoms with E-state index < -0.39 is 0 Å². The fourth-order valence-corrected chi connectivity index (χ4v) is 2.75. The molecule has 0 aromatic rings. The second-order valence-corrected chi connectivity index (χ2v) is 5.03. The highest BCUT2D eigenvalue weighted by molar-refractivity contribution is 5.88. The van der Waals surface area contributed by atoms with E-state index in [1.807, 2.05) is 18.7 Å². The van der Waals surface area contributed by atoms with Crippen LogP contribution < -0.4 is 0 Å². The molecule has 2 aliphatic rings. The molecule has 0 aromatic heterocycles. The average molecular weight is 209 g/mol. The number of fused-ring (bicyclic) bond motifs is 1. The van der Waals surface area contributed by atoms with Crippen LogP contribution in [0.1, 0.15) is 26.7 Å². The maximum Gasteiger partial charge on any atom is 0.246 e. The van der Waals surface area contributed by atoms with Crippen molar-refractivity contribution in [2.45, 2.75) is 32.8 Å². The van der Waals surface area contributed by atoms with Crippen LogP contribution in [0.25, 0.3) is 0 Å². The Bertz CT molecular complexity index is 294. The Morgan fingerprint density at radius 3 is 2.67 bits per heavy atom. The first-order chi connectivity index (χ1) is 7.08. The summed E-state index contributed by atoms with van der Waals surface area (Å²) in [7, 11) is 0. The van der Waals surface area contributed by atoms with Gasteiger partial charge in [0.25, 0.3) is 0 Å². The molecule has 0 spiro atoms. The third-order valence-electron chi connectivity index (χ3n) is 3.54. The maximum absolute atomic E-state index is 11.8. The Hall–Kier alpha value is -0.830. The van der Waals surface area contributed by atoms with Gasteiger partial charge in [0.2, 0.25) is 5.91 Å². The first-order valence-electron chi connectivity index (χ1n) is 5.70. The molecule has 1 aliphatic carbocycles. The highest BCUT2D eigenvalue weighted by atomic mass is 16.3. The molecule has 3 atom stereocenters. The fraction of sp³-hybridized carbons (Fsp3) is 0.750. The SMILES string of the molecule is CC(C)=CC(=O)N1CC2CCC(O)C2C1. The molecular formula is C12H19NO2. The van der Waals surface area contributed by atoms with E-state index in [0.717, 1.165) is 31.5 Å². The van der Waals surface area contributed by atoms with Crippen LogP contribution in [0, 0.1) is 11.8 Å². The van der Waals surface area contributed by atoms with Crippen molar-refractivity contribution >= 4 is 5.91 Å². The van der Waals surface area contributed by atoms with Crippen molar-refractivity contribution in [3.8, 4) is 0 Å². The molecule has 2 rings (SSSR count). The van der Waals surface area contributed by atoms with Gasteiger partial charge in [-0.05, 0) is 32.6 Å². The quantitative estimate of drug-likeness (QED) is 0.659. The van der Waals surface area contributed by atoms with Gasteiger partial charge < -0.3 is 10.0 Å². The van der Waals surface area contributed by atoms with Crippen LogP contribution in [0.5, 0.6) is 0 Å². The summed E-state index contributed by atoms with van der Waals surface area (Å²) in [6.07, 6.45) is 3.50. The van der Waals surface area contributed by atoms with Crippen LogP contribution in [0.3, 0.4) is 0 Å². The summed E-state index contributed by atoms with van der Waals surface area (Å²) in [5.74, 6) is 0.977. The minimum Gasteiger partial charge on any atom is -0.393 e. The highest BCUT2D eigenvalue weighted by Gasteiger charge is 2.42. The maximum atomic E-state index is 11.8. The van der Waals surface area contributed by atoms with Crippen molar-refractivity contribution in [1.29, 1.82) is 0 Å². The normalized spacial score (nSPS) is 34.1. The predicted molar refractivity (Wildman–Crippen MR) is 58.2 cm³/mol.